The zero-order chi connectivity index (χ0) is 12.8. The summed E-state index contributed by atoms with van der Waals surface area (Å²) in [4.78, 5) is 13.9. The van der Waals surface area contributed by atoms with Gasteiger partial charge in [0.05, 0.1) is 0 Å². The van der Waals surface area contributed by atoms with Gasteiger partial charge >= 0.3 is 0 Å². The lowest BCUT2D eigenvalue weighted by Gasteiger charge is -2.24. The van der Waals surface area contributed by atoms with Crippen molar-refractivity contribution in [3.63, 3.8) is 0 Å². The van der Waals surface area contributed by atoms with Crippen LogP contribution in [0.2, 0.25) is 0 Å². The second-order valence-corrected chi connectivity index (χ2v) is 5.03. The fraction of sp³-hybridized carbons (Fsp3) is 0.462. The smallest absolute Gasteiger partial charge is 0.226 e. The number of carbonyl (C=O) groups excluding carboxylic acids is 1. The number of carbonyl (C=O) groups is 1. The van der Waals surface area contributed by atoms with E-state index in [0.29, 0.717) is 19.6 Å². The quantitative estimate of drug-likeness (QED) is 0.899. The summed E-state index contributed by atoms with van der Waals surface area (Å²) in [5.41, 5.74) is 6.65. The number of hydrogen-bond acceptors (Lipinski definition) is 2. The molecule has 1 aromatic rings. The minimum atomic E-state index is -0.109. The van der Waals surface area contributed by atoms with Crippen LogP contribution in [0.3, 0.4) is 0 Å². The molecule has 0 spiro atoms. The van der Waals surface area contributed by atoms with Crippen LogP contribution in [0, 0.1) is 5.92 Å². The highest BCUT2D eigenvalue weighted by Gasteiger charge is 2.17. The van der Waals surface area contributed by atoms with Gasteiger partial charge in [-0.15, -0.1) is 12.4 Å². The highest BCUT2D eigenvalue weighted by atomic mass is 79.9. The molecular weight excluding hydrogens is 316 g/mol. The first-order valence-electron chi connectivity index (χ1n) is 5.81. The number of halogens is 2. The van der Waals surface area contributed by atoms with E-state index in [1.54, 1.807) is 0 Å². The van der Waals surface area contributed by atoms with E-state index in [1.165, 1.54) is 0 Å². The molecule has 1 atom stereocenters. The number of nitrogens with zero attached hydrogens (tertiary/aromatic N) is 1. The molecule has 0 aliphatic rings. The molecule has 0 bridgehead atoms. The van der Waals surface area contributed by atoms with Crippen molar-refractivity contribution in [1.29, 1.82) is 0 Å². The average molecular weight is 336 g/mol. The maximum Gasteiger partial charge on any atom is 0.226 e. The number of benzene rings is 1. The predicted octanol–water partition coefficient (Wildman–Crippen LogP) is 2.81. The third-order valence-electron chi connectivity index (χ3n) is 2.73. The van der Waals surface area contributed by atoms with Gasteiger partial charge < -0.3 is 10.6 Å². The van der Waals surface area contributed by atoms with Crippen LogP contribution in [0.1, 0.15) is 19.4 Å². The van der Waals surface area contributed by atoms with Crippen molar-refractivity contribution in [2.45, 2.75) is 20.4 Å². The van der Waals surface area contributed by atoms with Gasteiger partial charge in [-0.3, -0.25) is 4.79 Å². The molecule has 102 valence electrons. The highest BCUT2D eigenvalue weighted by molar-refractivity contribution is 9.10. The molecule has 0 saturated heterocycles. The molecule has 18 heavy (non-hydrogen) atoms. The number of rotatable bonds is 5. The Kier molecular flexibility index (Phi) is 8.24. The van der Waals surface area contributed by atoms with E-state index in [1.807, 2.05) is 43.0 Å². The zero-order valence-corrected chi connectivity index (χ0v) is 13.1. The SMILES string of the molecule is CCN(Cc1cccc(Br)c1)C(=O)C(C)CN.Cl. The number of hydrogen-bond donors (Lipinski definition) is 1. The van der Waals surface area contributed by atoms with Crippen molar-refractivity contribution < 1.29 is 4.79 Å². The molecule has 0 aliphatic heterocycles. The summed E-state index contributed by atoms with van der Waals surface area (Å²) in [6.07, 6.45) is 0. The van der Waals surface area contributed by atoms with Crippen LogP contribution in [0.4, 0.5) is 0 Å². The van der Waals surface area contributed by atoms with E-state index in [0.717, 1.165) is 10.0 Å². The average Bonchev–Trinajstić information content (AvgIpc) is 2.34. The first-order valence-corrected chi connectivity index (χ1v) is 6.61. The summed E-state index contributed by atoms with van der Waals surface area (Å²) in [5.74, 6) is 0.0112. The number of amides is 1. The Labute approximate surface area is 123 Å². The molecule has 0 aromatic heterocycles. The zero-order valence-electron chi connectivity index (χ0n) is 10.7. The summed E-state index contributed by atoms with van der Waals surface area (Å²) in [6.45, 7) is 5.59. The van der Waals surface area contributed by atoms with Crippen LogP contribution in [0.5, 0.6) is 0 Å². The van der Waals surface area contributed by atoms with Gasteiger partial charge in [0.1, 0.15) is 0 Å². The van der Waals surface area contributed by atoms with Gasteiger partial charge in [-0.25, -0.2) is 0 Å². The van der Waals surface area contributed by atoms with Gasteiger partial charge in [0.25, 0.3) is 0 Å². The third-order valence-corrected chi connectivity index (χ3v) is 3.22. The molecule has 1 rings (SSSR count). The van der Waals surface area contributed by atoms with E-state index in [4.69, 9.17) is 5.73 Å². The van der Waals surface area contributed by atoms with E-state index in [2.05, 4.69) is 15.9 Å². The predicted molar refractivity (Wildman–Crippen MR) is 80.7 cm³/mol. The fourth-order valence-electron chi connectivity index (χ4n) is 1.61. The first-order chi connectivity index (χ1) is 8.08. The van der Waals surface area contributed by atoms with Gasteiger partial charge in [0, 0.05) is 30.0 Å². The van der Waals surface area contributed by atoms with Crippen molar-refractivity contribution in [2.75, 3.05) is 13.1 Å². The second kappa shape index (κ2) is 8.51. The lowest BCUT2D eigenvalue weighted by atomic mass is 10.1. The van der Waals surface area contributed by atoms with Crippen molar-refractivity contribution in [1.82, 2.24) is 4.90 Å². The van der Waals surface area contributed by atoms with Gasteiger partial charge in [0.15, 0.2) is 0 Å². The minimum absolute atomic E-state index is 0. The van der Waals surface area contributed by atoms with Crippen molar-refractivity contribution >= 4 is 34.2 Å². The van der Waals surface area contributed by atoms with E-state index in [-0.39, 0.29) is 24.2 Å². The van der Waals surface area contributed by atoms with E-state index < -0.39 is 0 Å². The molecule has 1 unspecified atom stereocenters. The van der Waals surface area contributed by atoms with E-state index in [9.17, 15) is 4.79 Å². The first kappa shape index (κ1) is 17.4. The highest BCUT2D eigenvalue weighted by Crippen LogP contribution is 2.14. The van der Waals surface area contributed by atoms with Crippen LogP contribution >= 0.6 is 28.3 Å². The molecule has 5 heteroatoms. The summed E-state index contributed by atoms with van der Waals surface area (Å²) in [7, 11) is 0. The van der Waals surface area contributed by atoms with Gasteiger partial charge in [-0.2, -0.15) is 0 Å². The van der Waals surface area contributed by atoms with E-state index >= 15 is 0 Å². The summed E-state index contributed by atoms with van der Waals surface area (Å²) < 4.78 is 1.03. The van der Waals surface area contributed by atoms with Crippen molar-refractivity contribution in [3.8, 4) is 0 Å². The molecule has 1 amide bonds. The Morgan fingerprint density at radius 1 is 1.50 bits per heavy atom. The van der Waals surface area contributed by atoms with Crippen LogP contribution in [0.25, 0.3) is 0 Å². The van der Waals surface area contributed by atoms with Gasteiger partial charge in [-0.1, -0.05) is 35.0 Å². The second-order valence-electron chi connectivity index (χ2n) is 4.12. The molecule has 0 fully saturated rings. The molecule has 0 radical (unpaired) electrons. The minimum Gasteiger partial charge on any atom is -0.338 e. The Morgan fingerprint density at radius 3 is 2.67 bits per heavy atom. The van der Waals surface area contributed by atoms with Crippen LogP contribution in [-0.2, 0) is 11.3 Å². The third kappa shape index (κ3) is 4.96. The lowest BCUT2D eigenvalue weighted by molar-refractivity contribution is -0.135. The monoisotopic (exact) mass is 334 g/mol. The Morgan fingerprint density at radius 2 is 2.17 bits per heavy atom. The molecule has 0 saturated carbocycles. The van der Waals surface area contributed by atoms with Crippen molar-refractivity contribution in [3.05, 3.63) is 34.3 Å². The molecule has 2 N–H and O–H groups in total. The fourth-order valence-corrected chi connectivity index (χ4v) is 2.06. The molecule has 0 heterocycles. The Bertz CT molecular complexity index is 387. The maximum absolute atomic E-state index is 12.0. The standard InChI is InChI=1S/C13H19BrN2O.ClH/c1-3-16(13(17)10(2)8-15)9-11-5-4-6-12(14)7-11;/h4-7,10H,3,8-9,15H2,1-2H3;1H. The molecule has 1 aromatic carbocycles. The Balaban J connectivity index is 0.00000289. The van der Waals surface area contributed by atoms with Crippen LogP contribution in [0.15, 0.2) is 28.7 Å². The van der Waals surface area contributed by atoms with Gasteiger partial charge in [0.2, 0.25) is 5.91 Å². The molecular formula is C13H20BrClN2O. The van der Waals surface area contributed by atoms with Crippen molar-refractivity contribution in [2.24, 2.45) is 11.7 Å². The van der Waals surface area contributed by atoms with Crippen LogP contribution < -0.4 is 5.73 Å². The summed E-state index contributed by atoms with van der Waals surface area (Å²) >= 11 is 3.43. The Hall–Kier alpha value is -0.580. The lowest BCUT2D eigenvalue weighted by Crippen LogP contribution is -2.37. The number of nitrogens with two attached hydrogens (primary N) is 1. The summed E-state index contributed by atoms with van der Waals surface area (Å²) in [6, 6.07) is 8.01. The van der Waals surface area contributed by atoms with Crippen LogP contribution in [-0.4, -0.2) is 23.9 Å². The molecule has 0 aliphatic carbocycles. The molecule has 3 nitrogen and oxygen atoms in total. The maximum atomic E-state index is 12.0. The topological polar surface area (TPSA) is 46.3 Å². The summed E-state index contributed by atoms with van der Waals surface area (Å²) in [5, 5.41) is 0. The largest absolute Gasteiger partial charge is 0.338 e. The van der Waals surface area contributed by atoms with Gasteiger partial charge in [-0.05, 0) is 24.6 Å². The normalized spacial score (nSPS) is 11.6.